The number of cyclic esters (lactones) is 1. The molecule has 1 saturated heterocycles. The third-order valence-electron chi connectivity index (χ3n) is 2.83. The Morgan fingerprint density at radius 3 is 2.71 bits per heavy atom. The van der Waals surface area contributed by atoms with Gasteiger partial charge < -0.3 is 9.47 Å². The number of allylic oxidation sites excluding steroid dienone is 1. The Morgan fingerprint density at radius 1 is 1.53 bits per heavy atom. The molecule has 1 heterocycles. The zero-order valence-corrected chi connectivity index (χ0v) is 10.0. The van der Waals surface area contributed by atoms with E-state index in [1.54, 1.807) is 6.92 Å². The predicted octanol–water partition coefficient (Wildman–Crippen LogP) is 1.02. The minimum Gasteiger partial charge on any atom is -0.465 e. The van der Waals surface area contributed by atoms with E-state index in [9.17, 15) is 14.4 Å². The lowest BCUT2D eigenvalue weighted by molar-refractivity contribution is -0.150. The second-order valence-corrected chi connectivity index (χ2v) is 3.88. The molecule has 0 aromatic rings. The minimum absolute atomic E-state index is 0.181. The Labute approximate surface area is 99.8 Å². The number of Topliss-reactive ketones (excluding diaryl/α,β-unsaturated/α-hetero) is 1. The number of ether oxygens (including phenoxy) is 2. The van der Waals surface area contributed by atoms with Crippen LogP contribution >= 0.6 is 0 Å². The quantitative estimate of drug-likeness (QED) is 0.407. The molecule has 0 amide bonds. The lowest BCUT2D eigenvalue weighted by Crippen LogP contribution is -2.33. The van der Waals surface area contributed by atoms with Crippen molar-refractivity contribution in [1.29, 1.82) is 0 Å². The molecule has 0 bridgehead atoms. The average Bonchev–Trinajstić information content (AvgIpc) is 2.62. The summed E-state index contributed by atoms with van der Waals surface area (Å²) in [5, 5.41) is 0. The molecule has 0 aromatic heterocycles. The van der Waals surface area contributed by atoms with Crippen molar-refractivity contribution in [1.82, 2.24) is 0 Å². The van der Waals surface area contributed by atoms with E-state index in [-0.39, 0.29) is 18.8 Å². The van der Waals surface area contributed by atoms with Gasteiger partial charge in [0.2, 0.25) is 0 Å². The standard InChI is InChI=1S/C12H16O5/c1-3-16-10(14)5-4-6-12(9(2)13)7-8-17-11(12)15/h4-5H,3,6-8H2,1-2H3/b5-4+. The third kappa shape index (κ3) is 2.93. The smallest absolute Gasteiger partial charge is 0.330 e. The van der Waals surface area contributed by atoms with Crippen molar-refractivity contribution in [2.45, 2.75) is 26.7 Å². The van der Waals surface area contributed by atoms with Crippen LogP contribution in [0.25, 0.3) is 0 Å². The first kappa shape index (κ1) is 13.4. The molecule has 1 atom stereocenters. The number of ketones is 1. The average molecular weight is 240 g/mol. The maximum Gasteiger partial charge on any atom is 0.330 e. The third-order valence-corrected chi connectivity index (χ3v) is 2.83. The second kappa shape index (κ2) is 5.61. The van der Waals surface area contributed by atoms with Gasteiger partial charge in [0.15, 0.2) is 0 Å². The fraction of sp³-hybridized carbons (Fsp3) is 0.583. The fourth-order valence-electron chi connectivity index (χ4n) is 1.75. The summed E-state index contributed by atoms with van der Waals surface area (Å²) in [5.74, 6) is -1.20. The molecule has 1 aliphatic heterocycles. The van der Waals surface area contributed by atoms with Crippen LogP contribution < -0.4 is 0 Å². The van der Waals surface area contributed by atoms with Crippen molar-refractivity contribution in [2.24, 2.45) is 5.41 Å². The molecule has 0 saturated carbocycles. The molecule has 94 valence electrons. The van der Waals surface area contributed by atoms with Gasteiger partial charge in [0.05, 0.1) is 13.2 Å². The first-order valence-electron chi connectivity index (χ1n) is 5.54. The number of carbonyl (C=O) groups is 3. The first-order valence-corrected chi connectivity index (χ1v) is 5.54. The number of carbonyl (C=O) groups excluding carboxylic acids is 3. The number of hydrogen-bond acceptors (Lipinski definition) is 5. The van der Waals surface area contributed by atoms with Crippen molar-refractivity contribution in [3.63, 3.8) is 0 Å². The van der Waals surface area contributed by atoms with Crippen molar-refractivity contribution >= 4 is 17.7 Å². The van der Waals surface area contributed by atoms with Crippen molar-refractivity contribution < 1.29 is 23.9 Å². The summed E-state index contributed by atoms with van der Waals surface area (Å²) in [6.07, 6.45) is 3.28. The minimum atomic E-state index is -1.11. The summed E-state index contributed by atoms with van der Waals surface area (Å²) < 4.78 is 9.53. The molecule has 0 N–H and O–H groups in total. The lowest BCUT2D eigenvalue weighted by atomic mass is 9.79. The van der Waals surface area contributed by atoms with E-state index >= 15 is 0 Å². The molecule has 5 heteroatoms. The second-order valence-electron chi connectivity index (χ2n) is 3.88. The molecular formula is C12H16O5. The molecule has 1 unspecified atom stereocenters. The van der Waals surface area contributed by atoms with Gasteiger partial charge in [-0.15, -0.1) is 0 Å². The van der Waals surface area contributed by atoms with Gasteiger partial charge >= 0.3 is 11.9 Å². The van der Waals surface area contributed by atoms with Crippen LogP contribution in [-0.2, 0) is 23.9 Å². The van der Waals surface area contributed by atoms with Crippen LogP contribution in [0.3, 0.4) is 0 Å². The zero-order chi connectivity index (χ0) is 12.9. The van der Waals surface area contributed by atoms with Gasteiger partial charge in [0, 0.05) is 12.5 Å². The lowest BCUT2D eigenvalue weighted by Gasteiger charge is -2.18. The predicted molar refractivity (Wildman–Crippen MR) is 59.1 cm³/mol. The molecule has 1 aliphatic rings. The van der Waals surface area contributed by atoms with Crippen LogP contribution in [0.15, 0.2) is 12.2 Å². The summed E-state index contributed by atoms with van der Waals surface area (Å²) in [4.78, 5) is 34.1. The van der Waals surface area contributed by atoms with Crippen molar-refractivity contribution in [3.8, 4) is 0 Å². The highest BCUT2D eigenvalue weighted by atomic mass is 16.5. The highest BCUT2D eigenvalue weighted by molar-refractivity contribution is 6.04. The van der Waals surface area contributed by atoms with Crippen LogP contribution in [0.2, 0.25) is 0 Å². The van der Waals surface area contributed by atoms with E-state index in [1.165, 1.54) is 19.1 Å². The van der Waals surface area contributed by atoms with Gasteiger partial charge in [0.25, 0.3) is 0 Å². The molecule has 0 radical (unpaired) electrons. The van der Waals surface area contributed by atoms with Crippen LogP contribution in [-0.4, -0.2) is 30.9 Å². The molecule has 0 aromatic carbocycles. The number of esters is 2. The first-order chi connectivity index (χ1) is 8.03. The summed E-state index contributed by atoms with van der Waals surface area (Å²) in [7, 11) is 0. The van der Waals surface area contributed by atoms with Crippen LogP contribution in [0.1, 0.15) is 26.7 Å². The van der Waals surface area contributed by atoms with E-state index in [4.69, 9.17) is 9.47 Å². The van der Waals surface area contributed by atoms with E-state index in [1.807, 2.05) is 0 Å². The normalized spacial score (nSPS) is 23.8. The number of hydrogen-bond donors (Lipinski definition) is 0. The summed E-state index contributed by atoms with van der Waals surface area (Å²) in [6, 6.07) is 0. The summed E-state index contributed by atoms with van der Waals surface area (Å²) in [6.45, 7) is 3.62. The van der Waals surface area contributed by atoms with Gasteiger partial charge in [-0.3, -0.25) is 9.59 Å². The Kier molecular flexibility index (Phi) is 4.43. The highest BCUT2D eigenvalue weighted by Crippen LogP contribution is 2.35. The van der Waals surface area contributed by atoms with Gasteiger partial charge in [-0.05, 0) is 20.3 Å². The molecule has 17 heavy (non-hydrogen) atoms. The van der Waals surface area contributed by atoms with Gasteiger partial charge in [-0.1, -0.05) is 6.08 Å². The highest BCUT2D eigenvalue weighted by Gasteiger charge is 2.47. The molecule has 1 fully saturated rings. The maximum absolute atomic E-state index is 11.5. The van der Waals surface area contributed by atoms with E-state index in [0.29, 0.717) is 13.0 Å². The van der Waals surface area contributed by atoms with Crippen LogP contribution in [0.5, 0.6) is 0 Å². The molecular weight excluding hydrogens is 224 g/mol. The topological polar surface area (TPSA) is 69.7 Å². The van der Waals surface area contributed by atoms with E-state index in [2.05, 4.69) is 0 Å². The van der Waals surface area contributed by atoms with Gasteiger partial charge in [-0.25, -0.2) is 4.79 Å². The fourth-order valence-corrected chi connectivity index (χ4v) is 1.75. The molecule has 1 rings (SSSR count). The monoisotopic (exact) mass is 240 g/mol. The SMILES string of the molecule is CCOC(=O)/C=C/CC1(C(C)=O)CCOC1=O. The summed E-state index contributed by atoms with van der Waals surface area (Å²) in [5.41, 5.74) is -1.11. The summed E-state index contributed by atoms with van der Waals surface area (Å²) >= 11 is 0. The van der Waals surface area contributed by atoms with Crippen LogP contribution in [0.4, 0.5) is 0 Å². The zero-order valence-electron chi connectivity index (χ0n) is 10.0. The van der Waals surface area contributed by atoms with E-state index in [0.717, 1.165) is 0 Å². The van der Waals surface area contributed by atoms with Gasteiger partial charge in [0.1, 0.15) is 11.2 Å². The van der Waals surface area contributed by atoms with Gasteiger partial charge in [-0.2, -0.15) is 0 Å². The van der Waals surface area contributed by atoms with Crippen LogP contribution in [0, 0.1) is 5.41 Å². The molecule has 0 spiro atoms. The molecule has 0 aliphatic carbocycles. The maximum atomic E-state index is 11.5. The Bertz CT molecular complexity index is 358. The Hall–Kier alpha value is -1.65. The molecule has 5 nitrogen and oxygen atoms in total. The van der Waals surface area contributed by atoms with E-state index < -0.39 is 17.4 Å². The van der Waals surface area contributed by atoms with Crippen molar-refractivity contribution in [3.05, 3.63) is 12.2 Å². The Morgan fingerprint density at radius 2 is 2.24 bits per heavy atom. The Balaban J connectivity index is 2.67. The van der Waals surface area contributed by atoms with Crippen molar-refractivity contribution in [2.75, 3.05) is 13.2 Å². The number of rotatable bonds is 5. The largest absolute Gasteiger partial charge is 0.465 e.